The molecule has 30 heavy (non-hydrogen) atoms. The summed E-state index contributed by atoms with van der Waals surface area (Å²) in [6, 6.07) is 22.5. The van der Waals surface area contributed by atoms with Crippen LogP contribution in [0.15, 0.2) is 78.9 Å². The molecule has 0 aliphatic carbocycles. The number of amides is 1. The van der Waals surface area contributed by atoms with Crippen LogP contribution < -0.4 is 5.32 Å². The molecular formula is C24H17F2N3O. The van der Waals surface area contributed by atoms with Crippen molar-refractivity contribution in [3.8, 4) is 6.07 Å². The topological polar surface area (TPSA) is 57.8 Å². The SMILES string of the molecule is N#CC(NC(=O)c1cc2ccccc2n1Cc1ccccc1)c1ccc(F)cc1F. The lowest BCUT2D eigenvalue weighted by atomic mass is 10.1. The van der Waals surface area contributed by atoms with E-state index in [-0.39, 0.29) is 5.56 Å². The van der Waals surface area contributed by atoms with Gasteiger partial charge in [0.2, 0.25) is 0 Å². The van der Waals surface area contributed by atoms with Gasteiger partial charge in [0.05, 0.1) is 6.07 Å². The molecule has 0 fully saturated rings. The maximum absolute atomic E-state index is 14.1. The minimum atomic E-state index is -1.25. The summed E-state index contributed by atoms with van der Waals surface area (Å²) in [6.07, 6.45) is 0. The molecule has 1 heterocycles. The number of nitrogens with one attached hydrogen (secondary N) is 1. The van der Waals surface area contributed by atoms with Crippen molar-refractivity contribution in [3.63, 3.8) is 0 Å². The summed E-state index contributed by atoms with van der Waals surface area (Å²) in [5, 5.41) is 12.9. The highest BCUT2D eigenvalue weighted by atomic mass is 19.1. The van der Waals surface area contributed by atoms with Gasteiger partial charge in [-0.25, -0.2) is 8.78 Å². The Bertz CT molecular complexity index is 1260. The van der Waals surface area contributed by atoms with E-state index >= 15 is 0 Å². The number of rotatable bonds is 5. The molecule has 1 N–H and O–H groups in total. The molecule has 1 unspecified atom stereocenters. The third kappa shape index (κ3) is 3.78. The Morgan fingerprint density at radius 3 is 2.47 bits per heavy atom. The molecular weight excluding hydrogens is 384 g/mol. The second-order valence-electron chi connectivity index (χ2n) is 6.86. The summed E-state index contributed by atoms with van der Waals surface area (Å²) in [4.78, 5) is 13.1. The summed E-state index contributed by atoms with van der Waals surface area (Å²) < 4.78 is 29.2. The Morgan fingerprint density at radius 1 is 1.00 bits per heavy atom. The van der Waals surface area contributed by atoms with Crippen molar-refractivity contribution in [1.82, 2.24) is 9.88 Å². The number of para-hydroxylation sites is 1. The van der Waals surface area contributed by atoms with Crippen LogP contribution in [0, 0.1) is 23.0 Å². The number of nitriles is 1. The molecule has 0 spiro atoms. The lowest BCUT2D eigenvalue weighted by molar-refractivity contribution is 0.0936. The Morgan fingerprint density at radius 2 is 1.73 bits per heavy atom. The quantitative estimate of drug-likeness (QED) is 0.514. The number of nitrogens with zero attached hydrogens (tertiary/aromatic N) is 2. The first-order valence-electron chi connectivity index (χ1n) is 9.34. The molecule has 0 saturated carbocycles. The van der Waals surface area contributed by atoms with Gasteiger partial charge in [-0.05, 0) is 23.8 Å². The molecule has 0 radical (unpaired) electrons. The van der Waals surface area contributed by atoms with Gasteiger partial charge in [0.1, 0.15) is 23.4 Å². The van der Waals surface area contributed by atoms with E-state index in [0.29, 0.717) is 18.3 Å². The summed E-state index contributed by atoms with van der Waals surface area (Å²) in [6.45, 7) is 0.458. The highest BCUT2D eigenvalue weighted by Gasteiger charge is 2.22. The zero-order valence-corrected chi connectivity index (χ0v) is 15.8. The average Bonchev–Trinajstić information content (AvgIpc) is 3.12. The van der Waals surface area contributed by atoms with Crippen molar-refractivity contribution < 1.29 is 13.6 Å². The molecule has 6 heteroatoms. The number of aromatic nitrogens is 1. The van der Waals surface area contributed by atoms with Crippen molar-refractivity contribution in [2.24, 2.45) is 0 Å². The van der Waals surface area contributed by atoms with Crippen LogP contribution in [0.3, 0.4) is 0 Å². The van der Waals surface area contributed by atoms with Gasteiger partial charge >= 0.3 is 0 Å². The molecule has 3 aromatic carbocycles. The summed E-state index contributed by atoms with van der Waals surface area (Å²) in [5.41, 5.74) is 2.14. The number of benzene rings is 3. The van der Waals surface area contributed by atoms with Crippen LogP contribution in [-0.2, 0) is 6.54 Å². The molecule has 0 saturated heterocycles. The predicted octanol–water partition coefficient (Wildman–Crippen LogP) is 4.96. The molecule has 1 aromatic heterocycles. The Labute approximate surface area is 172 Å². The number of halogens is 2. The molecule has 4 nitrogen and oxygen atoms in total. The minimum Gasteiger partial charge on any atom is -0.332 e. The van der Waals surface area contributed by atoms with E-state index in [9.17, 15) is 18.8 Å². The molecule has 4 rings (SSSR count). The molecule has 0 aliphatic rings. The van der Waals surface area contributed by atoms with Crippen molar-refractivity contribution in [3.05, 3.63) is 107 Å². The average molecular weight is 401 g/mol. The molecule has 0 aliphatic heterocycles. The second-order valence-corrected chi connectivity index (χ2v) is 6.86. The summed E-state index contributed by atoms with van der Waals surface area (Å²) in [5.74, 6) is -2.15. The van der Waals surface area contributed by atoms with E-state index in [2.05, 4.69) is 5.32 Å². The monoisotopic (exact) mass is 401 g/mol. The third-order valence-corrected chi connectivity index (χ3v) is 4.90. The van der Waals surface area contributed by atoms with Crippen LogP contribution >= 0.6 is 0 Å². The summed E-state index contributed by atoms with van der Waals surface area (Å²) in [7, 11) is 0. The number of hydrogen-bond donors (Lipinski definition) is 1. The summed E-state index contributed by atoms with van der Waals surface area (Å²) >= 11 is 0. The number of hydrogen-bond acceptors (Lipinski definition) is 2. The molecule has 4 aromatic rings. The molecule has 1 amide bonds. The fraction of sp³-hybridized carbons (Fsp3) is 0.0833. The zero-order valence-electron chi connectivity index (χ0n) is 15.8. The van der Waals surface area contributed by atoms with Crippen LogP contribution in [0.4, 0.5) is 8.78 Å². The third-order valence-electron chi connectivity index (χ3n) is 4.90. The second kappa shape index (κ2) is 8.18. The Hall–Kier alpha value is -3.98. The molecule has 1 atom stereocenters. The van der Waals surface area contributed by atoms with Gasteiger partial charge in [0, 0.05) is 29.1 Å². The Kier molecular flexibility index (Phi) is 5.27. The fourth-order valence-electron chi connectivity index (χ4n) is 3.46. The van der Waals surface area contributed by atoms with Crippen LogP contribution in [0.1, 0.15) is 27.7 Å². The first-order valence-corrected chi connectivity index (χ1v) is 9.34. The number of fused-ring (bicyclic) bond motifs is 1. The van der Waals surface area contributed by atoms with Gasteiger partial charge in [-0.1, -0.05) is 54.6 Å². The van der Waals surface area contributed by atoms with E-state index in [1.165, 1.54) is 6.07 Å². The van der Waals surface area contributed by atoms with E-state index in [4.69, 9.17) is 0 Å². The van der Waals surface area contributed by atoms with Gasteiger partial charge < -0.3 is 9.88 Å². The molecule has 148 valence electrons. The predicted molar refractivity (Wildman–Crippen MR) is 110 cm³/mol. The zero-order chi connectivity index (χ0) is 21.1. The molecule has 0 bridgehead atoms. The smallest absolute Gasteiger partial charge is 0.269 e. The van der Waals surface area contributed by atoms with Crippen LogP contribution in [0.5, 0.6) is 0 Å². The van der Waals surface area contributed by atoms with E-state index in [0.717, 1.165) is 22.5 Å². The largest absolute Gasteiger partial charge is 0.332 e. The van der Waals surface area contributed by atoms with E-state index in [1.54, 1.807) is 6.07 Å². The van der Waals surface area contributed by atoms with Gasteiger partial charge in [0.25, 0.3) is 5.91 Å². The van der Waals surface area contributed by atoms with Crippen molar-refractivity contribution in [2.75, 3.05) is 0 Å². The number of carbonyl (C=O) groups excluding carboxylic acids is 1. The van der Waals surface area contributed by atoms with E-state index < -0.39 is 23.6 Å². The highest BCUT2D eigenvalue weighted by Crippen LogP contribution is 2.23. The maximum Gasteiger partial charge on any atom is 0.269 e. The van der Waals surface area contributed by atoms with Gasteiger partial charge in [-0.15, -0.1) is 0 Å². The standard InChI is InChI=1S/C24H17F2N3O/c25-18-10-11-19(20(26)13-18)21(14-27)28-24(30)23-12-17-8-4-5-9-22(17)29(23)15-16-6-2-1-3-7-16/h1-13,21H,15H2,(H,28,30). The fourth-order valence-corrected chi connectivity index (χ4v) is 3.46. The van der Waals surface area contributed by atoms with Gasteiger partial charge in [0.15, 0.2) is 0 Å². The highest BCUT2D eigenvalue weighted by molar-refractivity contribution is 5.99. The number of carbonyl (C=O) groups is 1. The first kappa shape index (κ1) is 19.3. The minimum absolute atomic E-state index is 0.0852. The van der Waals surface area contributed by atoms with Crippen LogP contribution in [0.2, 0.25) is 0 Å². The van der Waals surface area contributed by atoms with Crippen molar-refractivity contribution in [1.29, 1.82) is 5.26 Å². The van der Waals surface area contributed by atoms with Crippen LogP contribution in [0.25, 0.3) is 10.9 Å². The Balaban J connectivity index is 1.70. The lowest BCUT2D eigenvalue weighted by Crippen LogP contribution is -2.30. The van der Waals surface area contributed by atoms with Crippen molar-refractivity contribution in [2.45, 2.75) is 12.6 Å². The normalized spacial score (nSPS) is 11.8. The first-order chi connectivity index (χ1) is 14.6. The van der Waals surface area contributed by atoms with Crippen molar-refractivity contribution >= 4 is 16.8 Å². The lowest BCUT2D eigenvalue weighted by Gasteiger charge is -2.15. The van der Waals surface area contributed by atoms with Crippen LogP contribution in [-0.4, -0.2) is 10.5 Å². The maximum atomic E-state index is 14.1. The van der Waals surface area contributed by atoms with E-state index in [1.807, 2.05) is 65.2 Å². The van der Waals surface area contributed by atoms with Gasteiger partial charge in [-0.2, -0.15) is 5.26 Å². The van der Waals surface area contributed by atoms with Gasteiger partial charge in [-0.3, -0.25) is 4.79 Å².